The molecule has 3 nitrogen and oxygen atoms in total. The maximum Gasteiger partial charge on any atom is 0.170 e. The molecule has 3 rings (SSSR count). The predicted molar refractivity (Wildman–Crippen MR) is 100 cm³/mol. The molecule has 0 atom stereocenters. The number of nitrogens with one attached hydrogen (secondary N) is 3. The fourth-order valence-corrected chi connectivity index (χ4v) is 2.95. The summed E-state index contributed by atoms with van der Waals surface area (Å²) in [6.45, 7) is 0.790. The number of hydrogen-bond donors (Lipinski definition) is 3. The first-order valence-electron chi connectivity index (χ1n) is 7.08. The van der Waals surface area contributed by atoms with Crippen molar-refractivity contribution in [2.24, 2.45) is 0 Å². The van der Waals surface area contributed by atoms with Crippen molar-refractivity contribution in [3.05, 3.63) is 64.8 Å². The number of halogens is 1. The molecular weight excluding hydrogens is 358 g/mol. The van der Waals surface area contributed by atoms with Crippen LogP contribution < -0.4 is 10.6 Å². The maximum absolute atomic E-state index is 5.31. The van der Waals surface area contributed by atoms with Crippen molar-refractivity contribution in [3.8, 4) is 0 Å². The summed E-state index contributed by atoms with van der Waals surface area (Å²) in [7, 11) is 0. The summed E-state index contributed by atoms with van der Waals surface area (Å²) in [6.07, 6.45) is 2.97. The monoisotopic (exact) mass is 373 g/mol. The van der Waals surface area contributed by atoms with Crippen molar-refractivity contribution >= 4 is 49.9 Å². The summed E-state index contributed by atoms with van der Waals surface area (Å²) in [5.41, 5.74) is 3.44. The van der Waals surface area contributed by atoms with E-state index in [1.807, 2.05) is 36.4 Å². The molecule has 0 amide bonds. The van der Waals surface area contributed by atoms with E-state index in [1.54, 1.807) is 0 Å². The van der Waals surface area contributed by atoms with Crippen LogP contribution in [0.25, 0.3) is 10.9 Å². The van der Waals surface area contributed by atoms with Crippen LogP contribution in [0.5, 0.6) is 0 Å². The first-order chi connectivity index (χ1) is 10.7. The Morgan fingerprint density at radius 1 is 1.14 bits per heavy atom. The smallest absolute Gasteiger partial charge is 0.170 e. The van der Waals surface area contributed by atoms with E-state index < -0.39 is 0 Å². The van der Waals surface area contributed by atoms with Crippen LogP contribution in [0, 0.1) is 0 Å². The van der Waals surface area contributed by atoms with Gasteiger partial charge in [-0.1, -0.05) is 34.1 Å². The van der Waals surface area contributed by atoms with Gasteiger partial charge in [-0.25, -0.2) is 0 Å². The molecule has 0 spiro atoms. The van der Waals surface area contributed by atoms with Gasteiger partial charge in [0.15, 0.2) is 5.11 Å². The Morgan fingerprint density at radius 2 is 1.95 bits per heavy atom. The second kappa shape index (κ2) is 6.94. The number of benzene rings is 2. The van der Waals surface area contributed by atoms with Gasteiger partial charge in [0.05, 0.1) is 0 Å². The van der Waals surface area contributed by atoms with Gasteiger partial charge in [-0.05, 0) is 54.5 Å². The molecule has 0 aliphatic heterocycles. The molecule has 0 unspecified atom stereocenters. The topological polar surface area (TPSA) is 39.9 Å². The third kappa shape index (κ3) is 3.67. The van der Waals surface area contributed by atoms with E-state index in [0.717, 1.165) is 28.6 Å². The highest BCUT2D eigenvalue weighted by atomic mass is 79.9. The Hall–Kier alpha value is -1.85. The zero-order valence-corrected chi connectivity index (χ0v) is 14.3. The zero-order valence-electron chi connectivity index (χ0n) is 11.9. The van der Waals surface area contributed by atoms with Gasteiger partial charge in [-0.3, -0.25) is 0 Å². The largest absolute Gasteiger partial charge is 0.362 e. The highest BCUT2D eigenvalue weighted by molar-refractivity contribution is 9.10. The van der Waals surface area contributed by atoms with Crippen molar-refractivity contribution in [3.63, 3.8) is 0 Å². The molecule has 0 fully saturated rings. The lowest BCUT2D eigenvalue weighted by Gasteiger charge is -2.10. The molecule has 1 aromatic heterocycles. The quantitative estimate of drug-likeness (QED) is 0.591. The summed E-state index contributed by atoms with van der Waals surface area (Å²) < 4.78 is 1.09. The van der Waals surface area contributed by atoms with Crippen LogP contribution in [-0.4, -0.2) is 16.6 Å². The molecule has 0 saturated carbocycles. The zero-order chi connectivity index (χ0) is 15.4. The molecule has 112 valence electrons. The fraction of sp³-hybridized carbons (Fsp3) is 0.118. The Labute approximate surface area is 143 Å². The van der Waals surface area contributed by atoms with Crippen LogP contribution in [0.15, 0.2) is 59.2 Å². The fourth-order valence-electron chi connectivity index (χ4n) is 2.36. The van der Waals surface area contributed by atoms with E-state index in [1.165, 1.54) is 10.9 Å². The number of H-pyrrole nitrogens is 1. The lowest BCUT2D eigenvalue weighted by Crippen LogP contribution is -2.30. The first kappa shape index (κ1) is 15.1. The first-order valence-corrected chi connectivity index (χ1v) is 8.28. The van der Waals surface area contributed by atoms with Crippen molar-refractivity contribution in [1.82, 2.24) is 10.3 Å². The van der Waals surface area contributed by atoms with Gasteiger partial charge >= 0.3 is 0 Å². The Balaban J connectivity index is 1.56. The van der Waals surface area contributed by atoms with Crippen LogP contribution in [0.1, 0.15) is 5.56 Å². The molecule has 1 heterocycles. The van der Waals surface area contributed by atoms with Gasteiger partial charge in [0.2, 0.25) is 0 Å². The second-order valence-electron chi connectivity index (χ2n) is 5.00. The normalized spacial score (nSPS) is 10.6. The van der Waals surface area contributed by atoms with Gasteiger partial charge < -0.3 is 15.6 Å². The van der Waals surface area contributed by atoms with E-state index in [4.69, 9.17) is 12.2 Å². The molecule has 0 aliphatic carbocycles. The average Bonchev–Trinajstić information content (AvgIpc) is 2.91. The minimum Gasteiger partial charge on any atom is -0.362 e. The van der Waals surface area contributed by atoms with Gasteiger partial charge in [0, 0.05) is 33.8 Å². The number of hydrogen-bond acceptors (Lipinski definition) is 1. The number of fused-ring (bicyclic) bond motifs is 1. The van der Waals surface area contributed by atoms with Crippen molar-refractivity contribution < 1.29 is 0 Å². The third-order valence-electron chi connectivity index (χ3n) is 3.44. The molecule has 0 radical (unpaired) electrons. The van der Waals surface area contributed by atoms with Crippen LogP contribution in [0.3, 0.4) is 0 Å². The molecule has 3 aromatic rings. The van der Waals surface area contributed by atoms with Crippen molar-refractivity contribution in [2.75, 3.05) is 11.9 Å². The summed E-state index contributed by atoms with van der Waals surface area (Å²) in [5, 5.41) is 8.31. The summed E-state index contributed by atoms with van der Waals surface area (Å²) in [5.74, 6) is 0. The lowest BCUT2D eigenvalue weighted by atomic mass is 10.1. The minimum absolute atomic E-state index is 0.646. The van der Waals surface area contributed by atoms with E-state index in [9.17, 15) is 0 Å². The number of rotatable bonds is 4. The highest BCUT2D eigenvalue weighted by Crippen LogP contribution is 2.22. The Morgan fingerprint density at radius 3 is 2.77 bits per heavy atom. The second-order valence-corrected chi connectivity index (χ2v) is 6.32. The number of anilines is 1. The average molecular weight is 374 g/mol. The van der Waals surface area contributed by atoms with Gasteiger partial charge in [-0.2, -0.15) is 0 Å². The van der Waals surface area contributed by atoms with E-state index in [-0.39, 0.29) is 0 Å². The van der Waals surface area contributed by atoms with Gasteiger partial charge in [-0.15, -0.1) is 0 Å². The minimum atomic E-state index is 0.646. The molecule has 0 bridgehead atoms. The Bertz CT molecular complexity index is 783. The summed E-state index contributed by atoms with van der Waals surface area (Å²) >= 11 is 8.83. The number of para-hydroxylation sites is 1. The number of aromatic nitrogens is 1. The molecule has 2 aromatic carbocycles. The van der Waals surface area contributed by atoms with E-state index in [2.05, 4.69) is 49.9 Å². The number of aromatic amines is 1. The molecule has 0 saturated heterocycles. The van der Waals surface area contributed by atoms with Crippen LogP contribution in [0.2, 0.25) is 0 Å². The third-order valence-corrected chi connectivity index (χ3v) is 4.18. The highest BCUT2D eigenvalue weighted by Gasteiger charge is 2.04. The Kier molecular flexibility index (Phi) is 4.75. The van der Waals surface area contributed by atoms with E-state index in [0.29, 0.717) is 5.11 Å². The summed E-state index contributed by atoms with van der Waals surface area (Å²) in [6, 6.07) is 16.2. The number of thiocarbonyl (C=S) groups is 1. The summed E-state index contributed by atoms with van der Waals surface area (Å²) in [4.78, 5) is 3.30. The predicted octanol–water partition coefficient (Wildman–Crippen LogP) is 4.46. The molecule has 0 aliphatic rings. The van der Waals surface area contributed by atoms with Crippen LogP contribution >= 0.6 is 28.1 Å². The lowest BCUT2D eigenvalue weighted by molar-refractivity contribution is 0.878. The molecular formula is C17H16BrN3S. The molecule has 3 N–H and O–H groups in total. The van der Waals surface area contributed by atoms with Crippen LogP contribution in [-0.2, 0) is 6.42 Å². The molecule has 5 heteroatoms. The van der Waals surface area contributed by atoms with E-state index >= 15 is 0 Å². The van der Waals surface area contributed by atoms with Gasteiger partial charge in [0.1, 0.15) is 0 Å². The van der Waals surface area contributed by atoms with Gasteiger partial charge in [0.25, 0.3) is 0 Å². The SMILES string of the molecule is S=C(NCCc1c[nH]c2ccc(Br)cc12)Nc1ccccc1. The van der Waals surface area contributed by atoms with Crippen molar-refractivity contribution in [1.29, 1.82) is 0 Å². The maximum atomic E-state index is 5.31. The molecule has 22 heavy (non-hydrogen) atoms. The van der Waals surface area contributed by atoms with Crippen molar-refractivity contribution in [2.45, 2.75) is 6.42 Å². The standard InChI is InChI=1S/C17H16BrN3S/c18-13-6-7-16-15(10-13)12(11-20-16)8-9-19-17(22)21-14-4-2-1-3-5-14/h1-7,10-11,20H,8-9H2,(H2,19,21,22). The van der Waals surface area contributed by atoms with Crippen LogP contribution in [0.4, 0.5) is 5.69 Å².